The molecule has 2 nitrogen and oxygen atoms in total. The average Bonchev–Trinajstić information content (AvgIpc) is 2.50. The fraction of sp³-hybridized carbons (Fsp3) is 0.143. The average molecular weight is 304 g/mol. The van der Waals surface area contributed by atoms with Gasteiger partial charge in [0.25, 0.3) is 0 Å². The number of ether oxygens (including phenoxy) is 2. The van der Waals surface area contributed by atoms with Crippen molar-refractivity contribution in [1.82, 2.24) is 0 Å². The molecule has 0 N–H and O–H groups in total. The summed E-state index contributed by atoms with van der Waals surface area (Å²) in [6.07, 6.45) is 0. The lowest BCUT2D eigenvalue weighted by atomic mass is 10.2. The van der Waals surface area contributed by atoms with Gasteiger partial charge in [-0.2, -0.15) is 0 Å². The molecule has 0 saturated carbocycles. The predicted octanol–water partition coefficient (Wildman–Crippen LogP) is 6.20. The van der Waals surface area contributed by atoms with Gasteiger partial charge in [-0.05, 0) is 79.9 Å². The fourth-order valence-electron chi connectivity index (χ4n) is 2.42. The van der Waals surface area contributed by atoms with Gasteiger partial charge in [-0.3, -0.25) is 0 Å². The van der Waals surface area contributed by atoms with Gasteiger partial charge >= 0.3 is 0 Å². The molecular formula is C21H20O2. The van der Waals surface area contributed by atoms with Crippen molar-refractivity contribution >= 4 is 0 Å². The third-order valence-electron chi connectivity index (χ3n) is 3.59. The van der Waals surface area contributed by atoms with Crippen LogP contribution >= 0.6 is 0 Å². The number of hydrogen-bond donors (Lipinski definition) is 0. The van der Waals surface area contributed by atoms with Crippen LogP contribution in [0.1, 0.15) is 16.7 Å². The predicted molar refractivity (Wildman–Crippen MR) is 93.7 cm³/mol. The lowest BCUT2D eigenvalue weighted by Crippen LogP contribution is -1.90. The van der Waals surface area contributed by atoms with Crippen LogP contribution in [-0.2, 0) is 0 Å². The monoisotopic (exact) mass is 304 g/mol. The highest BCUT2D eigenvalue weighted by Crippen LogP contribution is 2.30. The summed E-state index contributed by atoms with van der Waals surface area (Å²) in [4.78, 5) is 0. The third kappa shape index (κ3) is 3.92. The van der Waals surface area contributed by atoms with Crippen LogP contribution in [-0.4, -0.2) is 0 Å². The summed E-state index contributed by atoms with van der Waals surface area (Å²) in [5, 5.41) is 0. The molecule has 0 heterocycles. The first-order valence-electron chi connectivity index (χ1n) is 7.70. The molecule has 0 bridgehead atoms. The molecule has 0 aromatic heterocycles. The lowest BCUT2D eigenvalue weighted by molar-refractivity contribution is 0.466. The topological polar surface area (TPSA) is 18.5 Å². The molecule has 23 heavy (non-hydrogen) atoms. The van der Waals surface area contributed by atoms with E-state index in [4.69, 9.17) is 9.47 Å². The van der Waals surface area contributed by atoms with E-state index in [0.29, 0.717) is 0 Å². The maximum atomic E-state index is 5.96. The van der Waals surface area contributed by atoms with Crippen molar-refractivity contribution < 1.29 is 9.47 Å². The van der Waals surface area contributed by atoms with Crippen molar-refractivity contribution in [2.45, 2.75) is 20.8 Å². The van der Waals surface area contributed by atoms with E-state index in [1.165, 1.54) is 11.1 Å². The summed E-state index contributed by atoms with van der Waals surface area (Å²) in [6.45, 7) is 6.13. The van der Waals surface area contributed by atoms with E-state index in [-0.39, 0.29) is 0 Å². The molecule has 0 saturated heterocycles. The molecule has 0 spiro atoms. The Balaban J connectivity index is 1.78. The molecule has 2 heteroatoms. The van der Waals surface area contributed by atoms with E-state index in [9.17, 15) is 0 Å². The van der Waals surface area contributed by atoms with Gasteiger partial charge in [0.05, 0.1) is 0 Å². The molecule has 116 valence electrons. The summed E-state index contributed by atoms with van der Waals surface area (Å²) in [7, 11) is 0. The van der Waals surface area contributed by atoms with Gasteiger partial charge in [-0.25, -0.2) is 0 Å². The molecule has 0 aliphatic carbocycles. The molecule has 0 aliphatic heterocycles. The Bertz CT molecular complexity index is 822. The number of aryl methyl sites for hydroxylation is 3. The van der Waals surface area contributed by atoms with Crippen molar-refractivity contribution in [1.29, 1.82) is 0 Å². The Labute approximate surface area is 137 Å². The Morgan fingerprint density at radius 3 is 1.70 bits per heavy atom. The van der Waals surface area contributed by atoms with Gasteiger partial charge in [-0.1, -0.05) is 24.3 Å². The Morgan fingerprint density at radius 1 is 0.565 bits per heavy atom. The minimum atomic E-state index is 0.810. The summed E-state index contributed by atoms with van der Waals surface area (Å²) >= 11 is 0. The maximum absolute atomic E-state index is 5.96. The van der Waals surface area contributed by atoms with Crippen LogP contribution in [0.3, 0.4) is 0 Å². The Morgan fingerprint density at radius 2 is 1.13 bits per heavy atom. The second-order valence-electron chi connectivity index (χ2n) is 5.76. The van der Waals surface area contributed by atoms with Crippen LogP contribution in [0, 0.1) is 20.8 Å². The highest BCUT2D eigenvalue weighted by atomic mass is 16.5. The second-order valence-corrected chi connectivity index (χ2v) is 5.76. The lowest BCUT2D eigenvalue weighted by Gasteiger charge is -2.12. The standard InChI is InChI=1S/C21H20O2/c1-15-6-4-8-18(12-15)22-20-10-11-21(17(3)14-20)23-19-9-5-7-16(2)13-19/h4-14H,1-3H3. The summed E-state index contributed by atoms with van der Waals surface area (Å²) in [5.74, 6) is 3.34. The zero-order chi connectivity index (χ0) is 16.2. The maximum Gasteiger partial charge on any atom is 0.130 e. The van der Waals surface area contributed by atoms with Crippen molar-refractivity contribution in [3.05, 3.63) is 83.4 Å². The highest BCUT2D eigenvalue weighted by molar-refractivity contribution is 5.44. The highest BCUT2D eigenvalue weighted by Gasteiger charge is 2.05. The second kappa shape index (κ2) is 6.57. The van der Waals surface area contributed by atoms with Crippen LogP contribution < -0.4 is 9.47 Å². The number of hydrogen-bond acceptors (Lipinski definition) is 2. The molecule has 0 fully saturated rings. The number of rotatable bonds is 4. The smallest absolute Gasteiger partial charge is 0.130 e. The molecule has 3 rings (SSSR count). The van der Waals surface area contributed by atoms with Gasteiger partial charge in [-0.15, -0.1) is 0 Å². The normalized spacial score (nSPS) is 10.4. The zero-order valence-electron chi connectivity index (χ0n) is 13.7. The van der Waals surface area contributed by atoms with E-state index in [1.54, 1.807) is 0 Å². The zero-order valence-corrected chi connectivity index (χ0v) is 13.7. The first-order chi connectivity index (χ1) is 11.1. The van der Waals surface area contributed by atoms with E-state index in [2.05, 4.69) is 26.0 Å². The van der Waals surface area contributed by atoms with Crippen LogP contribution in [0.15, 0.2) is 66.7 Å². The largest absolute Gasteiger partial charge is 0.457 e. The van der Waals surface area contributed by atoms with Gasteiger partial charge in [0.1, 0.15) is 23.0 Å². The van der Waals surface area contributed by atoms with Crippen LogP contribution in [0.2, 0.25) is 0 Å². The molecule has 3 aromatic carbocycles. The van der Waals surface area contributed by atoms with Gasteiger partial charge in [0.15, 0.2) is 0 Å². The molecular weight excluding hydrogens is 284 g/mol. The van der Waals surface area contributed by atoms with E-state index in [0.717, 1.165) is 28.6 Å². The van der Waals surface area contributed by atoms with E-state index in [1.807, 2.05) is 61.5 Å². The van der Waals surface area contributed by atoms with E-state index < -0.39 is 0 Å². The molecule has 0 unspecified atom stereocenters. The van der Waals surface area contributed by atoms with Gasteiger partial charge in [0.2, 0.25) is 0 Å². The summed E-state index contributed by atoms with van der Waals surface area (Å²) in [5.41, 5.74) is 3.40. The van der Waals surface area contributed by atoms with Crippen LogP contribution in [0.5, 0.6) is 23.0 Å². The third-order valence-corrected chi connectivity index (χ3v) is 3.59. The summed E-state index contributed by atoms with van der Waals surface area (Å²) < 4.78 is 11.9. The van der Waals surface area contributed by atoms with E-state index >= 15 is 0 Å². The molecule has 3 aromatic rings. The Hall–Kier alpha value is -2.74. The number of benzene rings is 3. The first kappa shape index (κ1) is 15.2. The minimum absolute atomic E-state index is 0.810. The molecule has 0 aliphatic rings. The van der Waals surface area contributed by atoms with Crippen molar-refractivity contribution in [3.8, 4) is 23.0 Å². The quantitative estimate of drug-likeness (QED) is 0.571. The van der Waals surface area contributed by atoms with Crippen molar-refractivity contribution in [3.63, 3.8) is 0 Å². The summed E-state index contributed by atoms with van der Waals surface area (Å²) in [6, 6.07) is 21.9. The first-order valence-corrected chi connectivity index (χ1v) is 7.70. The molecule has 0 radical (unpaired) electrons. The van der Waals surface area contributed by atoms with Crippen LogP contribution in [0.25, 0.3) is 0 Å². The SMILES string of the molecule is Cc1cccc(Oc2ccc(Oc3cccc(C)c3)c(C)c2)c1. The minimum Gasteiger partial charge on any atom is -0.457 e. The van der Waals surface area contributed by atoms with Gasteiger partial charge < -0.3 is 9.47 Å². The Kier molecular flexibility index (Phi) is 4.33. The van der Waals surface area contributed by atoms with Crippen LogP contribution in [0.4, 0.5) is 0 Å². The fourth-order valence-corrected chi connectivity index (χ4v) is 2.42. The van der Waals surface area contributed by atoms with Crippen molar-refractivity contribution in [2.24, 2.45) is 0 Å². The van der Waals surface area contributed by atoms with Crippen molar-refractivity contribution in [2.75, 3.05) is 0 Å². The molecule has 0 atom stereocenters. The van der Waals surface area contributed by atoms with Gasteiger partial charge in [0, 0.05) is 0 Å². The molecule has 0 amide bonds.